The largest absolute Gasteiger partial charge is 0.369 e. The summed E-state index contributed by atoms with van der Waals surface area (Å²) in [6.07, 6.45) is 13.3. The van der Waals surface area contributed by atoms with Gasteiger partial charge in [0.15, 0.2) is 0 Å². The number of hydrogen-bond donors (Lipinski definition) is 1. The molecule has 0 aromatic heterocycles. The van der Waals surface area contributed by atoms with Crippen LogP contribution in [0.5, 0.6) is 0 Å². The van der Waals surface area contributed by atoms with E-state index in [4.69, 9.17) is 0 Å². The summed E-state index contributed by atoms with van der Waals surface area (Å²) in [5, 5.41) is 3.48. The fourth-order valence-electron chi connectivity index (χ4n) is 5.08. The molecule has 2 heteroatoms. The van der Waals surface area contributed by atoms with Gasteiger partial charge in [-0.25, -0.2) is 0 Å². The molecule has 0 bridgehead atoms. The zero-order valence-corrected chi connectivity index (χ0v) is 19.0. The number of fused-ring (bicyclic) bond motifs is 1. The van der Waals surface area contributed by atoms with E-state index in [0.29, 0.717) is 5.92 Å². The minimum atomic E-state index is 0.249. The van der Waals surface area contributed by atoms with Crippen LogP contribution in [-0.4, -0.2) is 31.1 Å². The van der Waals surface area contributed by atoms with Crippen LogP contribution in [0.2, 0.25) is 0 Å². The Kier molecular flexibility index (Phi) is 5.50. The maximum atomic E-state index is 3.48. The lowest BCUT2D eigenvalue weighted by molar-refractivity contribution is 0.305. The molecule has 2 aliphatic carbocycles. The van der Waals surface area contributed by atoms with Gasteiger partial charge in [-0.05, 0) is 64.3 Å². The highest BCUT2D eigenvalue weighted by Gasteiger charge is 2.37. The Hall–Kier alpha value is -1.80. The highest BCUT2D eigenvalue weighted by molar-refractivity contribution is 5.77. The van der Waals surface area contributed by atoms with Crippen LogP contribution in [0.15, 0.2) is 48.2 Å². The van der Waals surface area contributed by atoms with Gasteiger partial charge in [-0.15, -0.1) is 0 Å². The molecule has 0 radical (unpaired) electrons. The van der Waals surface area contributed by atoms with Crippen molar-refractivity contribution >= 4 is 5.57 Å². The summed E-state index contributed by atoms with van der Waals surface area (Å²) in [6.45, 7) is 16.3. The number of rotatable bonds is 3. The van der Waals surface area contributed by atoms with Gasteiger partial charge in [0.05, 0.1) is 0 Å². The summed E-state index contributed by atoms with van der Waals surface area (Å²) in [6, 6.07) is 7.27. The standard InChI is InChI=1S/C27H38N2/c1-6-20-7-8-21(18-23(17-20)29-15-13-28-14-16-29)22-9-10-24-25(19-22)27(4,5)12-11-26(24,2)3/h7-10,17-20,28H,6,11-16H2,1-5H3. The second-order valence-corrected chi connectivity index (χ2v) is 10.4. The van der Waals surface area contributed by atoms with E-state index in [0.717, 1.165) is 32.6 Å². The number of piperazine rings is 1. The van der Waals surface area contributed by atoms with Crippen LogP contribution >= 0.6 is 0 Å². The molecule has 3 aliphatic rings. The zero-order chi connectivity index (χ0) is 20.6. The Morgan fingerprint density at radius 3 is 2.38 bits per heavy atom. The predicted molar refractivity (Wildman–Crippen MR) is 125 cm³/mol. The summed E-state index contributed by atoms with van der Waals surface area (Å²) in [4.78, 5) is 2.55. The van der Waals surface area contributed by atoms with E-state index in [-0.39, 0.29) is 10.8 Å². The van der Waals surface area contributed by atoms with Crippen LogP contribution in [0.1, 0.15) is 70.6 Å². The molecular formula is C27H38N2. The Bertz CT molecular complexity index is 847. The van der Waals surface area contributed by atoms with Crippen molar-refractivity contribution in [3.05, 3.63) is 64.9 Å². The summed E-state index contributed by atoms with van der Waals surface area (Å²) >= 11 is 0. The van der Waals surface area contributed by atoms with Crippen LogP contribution in [0.3, 0.4) is 0 Å². The van der Waals surface area contributed by atoms with E-state index >= 15 is 0 Å². The molecule has 1 aromatic rings. The number of benzene rings is 1. The summed E-state index contributed by atoms with van der Waals surface area (Å²) in [7, 11) is 0. The van der Waals surface area contributed by atoms with Crippen molar-refractivity contribution in [3.63, 3.8) is 0 Å². The van der Waals surface area contributed by atoms with Gasteiger partial charge in [-0.2, -0.15) is 0 Å². The molecule has 0 amide bonds. The molecular weight excluding hydrogens is 352 g/mol. The normalized spacial score (nSPS) is 25.7. The van der Waals surface area contributed by atoms with Gasteiger partial charge in [0.1, 0.15) is 0 Å². The van der Waals surface area contributed by atoms with Crippen molar-refractivity contribution in [2.75, 3.05) is 26.2 Å². The molecule has 1 saturated heterocycles. The minimum Gasteiger partial charge on any atom is -0.369 e. The molecule has 0 saturated carbocycles. The fourth-order valence-corrected chi connectivity index (χ4v) is 5.08. The molecule has 1 N–H and O–H groups in total. The Balaban J connectivity index is 1.75. The predicted octanol–water partition coefficient (Wildman–Crippen LogP) is 5.80. The van der Waals surface area contributed by atoms with Gasteiger partial charge < -0.3 is 10.2 Å². The lowest BCUT2D eigenvalue weighted by atomic mass is 9.63. The highest BCUT2D eigenvalue weighted by Crippen LogP contribution is 2.46. The third-order valence-electron chi connectivity index (χ3n) is 7.35. The maximum Gasteiger partial charge on any atom is 0.0338 e. The molecule has 1 atom stereocenters. The maximum absolute atomic E-state index is 3.48. The molecule has 1 aliphatic heterocycles. The first kappa shape index (κ1) is 20.5. The van der Waals surface area contributed by atoms with Gasteiger partial charge >= 0.3 is 0 Å². The molecule has 4 rings (SSSR count). The van der Waals surface area contributed by atoms with Crippen LogP contribution in [0.25, 0.3) is 5.57 Å². The minimum absolute atomic E-state index is 0.249. The lowest BCUT2D eigenvalue weighted by Gasteiger charge is -2.42. The first-order valence-corrected chi connectivity index (χ1v) is 11.5. The van der Waals surface area contributed by atoms with Crippen LogP contribution < -0.4 is 5.32 Å². The molecule has 1 aromatic carbocycles. The van der Waals surface area contributed by atoms with E-state index in [2.05, 4.69) is 87.3 Å². The summed E-state index contributed by atoms with van der Waals surface area (Å²) in [5.41, 5.74) is 7.73. The first-order chi connectivity index (χ1) is 13.8. The van der Waals surface area contributed by atoms with Gasteiger partial charge in [-0.1, -0.05) is 71.0 Å². The van der Waals surface area contributed by atoms with Gasteiger partial charge in [0, 0.05) is 31.9 Å². The SMILES string of the molecule is CCC1C=CC(c2ccc3c(c2)C(C)(C)CCC3(C)C)=CC(N2CCNCC2)=C1. The van der Waals surface area contributed by atoms with Gasteiger partial charge in [0.25, 0.3) is 0 Å². The second-order valence-electron chi connectivity index (χ2n) is 10.4. The average molecular weight is 391 g/mol. The zero-order valence-electron chi connectivity index (χ0n) is 19.0. The highest BCUT2D eigenvalue weighted by atomic mass is 15.2. The molecule has 2 nitrogen and oxygen atoms in total. The van der Waals surface area contributed by atoms with Crippen molar-refractivity contribution in [2.24, 2.45) is 5.92 Å². The van der Waals surface area contributed by atoms with E-state index in [1.165, 1.54) is 29.7 Å². The third kappa shape index (κ3) is 4.10. The lowest BCUT2D eigenvalue weighted by Crippen LogP contribution is -2.42. The van der Waals surface area contributed by atoms with Gasteiger partial charge in [0.2, 0.25) is 0 Å². The molecule has 1 fully saturated rings. The van der Waals surface area contributed by atoms with E-state index in [1.807, 2.05) is 0 Å². The van der Waals surface area contributed by atoms with E-state index in [1.54, 1.807) is 11.1 Å². The smallest absolute Gasteiger partial charge is 0.0338 e. The second kappa shape index (κ2) is 7.80. The monoisotopic (exact) mass is 390 g/mol. The Morgan fingerprint density at radius 1 is 1.00 bits per heavy atom. The van der Waals surface area contributed by atoms with E-state index in [9.17, 15) is 0 Å². The van der Waals surface area contributed by atoms with Crippen molar-refractivity contribution in [2.45, 2.75) is 64.7 Å². The molecule has 1 unspecified atom stereocenters. The first-order valence-electron chi connectivity index (χ1n) is 11.5. The molecule has 156 valence electrons. The van der Waals surface area contributed by atoms with Crippen LogP contribution in [-0.2, 0) is 10.8 Å². The topological polar surface area (TPSA) is 15.3 Å². The van der Waals surface area contributed by atoms with Crippen molar-refractivity contribution in [1.82, 2.24) is 10.2 Å². The molecule has 1 heterocycles. The number of nitrogens with zero attached hydrogens (tertiary/aromatic N) is 1. The number of hydrogen-bond acceptors (Lipinski definition) is 2. The van der Waals surface area contributed by atoms with Gasteiger partial charge in [-0.3, -0.25) is 0 Å². The summed E-state index contributed by atoms with van der Waals surface area (Å²) < 4.78 is 0. The third-order valence-corrected chi connectivity index (χ3v) is 7.35. The Morgan fingerprint density at radius 2 is 1.69 bits per heavy atom. The fraction of sp³-hybridized carbons (Fsp3) is 0.556. The van der Waals surface area contributed by atoms with Crippen molar-refractivity contribution < 1.29 is 0 Å². The molecule has 0 spiro atoms. The van der Waals surface area contributed by atoms with Crippen molar-refractivity contribution in [3.8, 4) is 0 Å². The Labute approximate surface area is 177 Å². The average Bonchev–Trinajstić information content (AvgIpc) is 2.95. The van der Waals surface area contributed by atoms with Crippen LogP contribution in [0.4, 0.5) is 0 Å². The van der Waals surface area contributed by atoms with E-state index < -0.39 is 0 Å². The number of allylic oxidation sites excluding steroid dienone is 5. The van der Waals surface area contributed by atoms with Crippen molar-refractivity contribution in [1.29, 1.82) is 0 Å². The number of nitrogens with one attached hydrogen (secondary N) is 1. The quantitative estimate of drug-likeness (QED) is 0.701. The summed E-state index contributed by atoms with van der Waals surface area (Å²) in [5.74, 6) is 0.515. The molecule has 29 heavy (non-hydrogen) atoms. The van der Waals surface area contributed by atoms with Crippen LogP contribution in [0, 0.1) is 5.92 Å².